The van der Waals surface area contributed by atoms with Gasteiger partial charge in [0.15, 0.2) is 12.2 Å². The maximum atomic E-state index is 13.1. The summed E-state index contributed by atoms with van der Waals surface area (Å²) in [6, 6.07) is 0. The molecule has 0 aliphatic heterocycles. The third-order valence-electron chi connectivity index (χ3n) is 16.9. The van der Waals surface area contributed by atoms with E-state index in [0.29, 0.717) is 25.7 Å². The van der Waals surface area contributed by atoms with Gasteiger partial charge in [0.2, 0.25) is 0 Å². The molecule has 0 saturated heterocycles. The zero-order valence-corrected chi connectivity index (χ0v) is 67.2. The van der Waals surface area contributed by atoms with Crippen molar-refractivity contribution in [3.63, 3.8) is 0 Å². The molecule has 0 aromatic carbocycles. The highest BCUT2D eigenvalue weighted by molar-refractivity contribution is 7.47. The van der Waals surface area contributed by atoms with Gasteiger partial charge in [0.05, 0.1) is 26.4 Å². The van der Waals surface area contributed by atoms with Gasteiger partial charge in [-0.25, -0.2) is 9.13 Å². The summed E-state index contributed by atoms with van der Waals surface area (Å²) >= 11 is 0. The highest BCUT2D eigenvalue weighted by Crippen LogP contribution is 2.45. The minimum absolute atomic E-state index is 0.0734. The van der Waals surface area contributed by atoms with E-state index in [9.17, 15) is 43.2 Å². The van der Waals surface area contributed by atoms with E-state index in [1.54, 1.807) is 0 Å². The molecule has 0 aromatic heterocycles. The lowest BCUT2D eigenvalue weighted by molar-refractivity contribution is -0.161. The summed E-state index contributed by atoms with van der Waals surface area (Å²) in [5.74, 6) is -2.22. The smallest absolute Gasteiger partial charge is 0.462 e. The number of ether oxygens (including phenoxy) is 4. The summed E-state index contributed by atoms with van der Waals surface area (Å²) in [5.41, 5.74) is 0. The van der Waals surface area contributed by atoms with Crippen molar-refractivity contribution >= 4 is 39.5 Å². The zero-order valence-electron chi connectivity index (χ0n) is 65.4. The Morgan fingerprint density at radius 3 is 0.817 bits per heavy atom. The van der Waals surface area contributed by atoms with Gasteiger partial charge >= 0.3 is 39.5 Å². The van der Waals surface area contributed by atoms with Gasteiger partial charge in [-0.15, -0.1) is 0 Å². The molecule has 0 aliphatic rings. The predicted octanol–water partition coefficient (Wildman–Crippen LogP) is 23.9. The van der Waals surface area contributed by atoms with Crippen LogP contribution in [0, 0.1) is 0 Å². The van der Waals surface area contributed by atoms with Crippen LogP contribution in [0.4, 0.5) is 0 Å². The SMILES string of the molecule is CC/C=C\C/C=C\C/C=C\C/C=C\CCCCCCCCC(=O)OCC(COP(=O)(O)OCC(O)COP(=O)(O)OCC(COC(=O)CCCCCCCCC/C=C\C/C=C\C/C=C\CC)OC(=O)CCCCCCC/C=C\CCCCCCCC)OC(=O)CCCCCCC/C=C\C/C=C\CCC. The lowest BCUT2D eigenvalue weighted by atomic mass is 10.1. The fourth-order valence-corrected chi connectivity index (χ4v) is 12.3. The van der Waals surface area contributed by atoms with Crippen molar-refractivity contribution in [3.8, 4) is 0 Å². The number of carbonyl (C=O) groups is 4. The highest BCUT2D eigenvalue weighted by atomic mass is 31.2. The molecule has 0 aromatic rings. The summed E-state index contributed by atoms with van der Waals surface area (Å²) in [6.45, 7) is 4.56. The van der Waals surface area contributed by atoms with Crippen molar-refractivity contribution in [3.05, 3.63) is 122 Å². The Balaban J connectivity index is 5.36. The van der Waals surface area contributed by atoms with Crippen LogP contribution >= 0.6 is 15.6 Å². The number of hydrogen-bond donors (Lipinski definition) is 3. The van der Waals surface area contributed by atoms with Crippen LogP contribution in [0.25, 0.3) is 0 Å². The molecule has 5 unspecified atom stereocenters. The molecule has 0 aliphatic carbocycles. The Hall–Kier alpha value is -4.54. The van der Waals surface area contributed by atoms with Crippen LogP contribution in [0.1, 0.15) is 336 Å². The average Bonchev–Trinajstić information content (AvgIpc) is 0.939. The molecule has 0 amide bonds. The van der Waals surface area contributed by atoms with Crippen molar-refractivity contribution < 1.29 is 80.2 Å². The number of esters is 4. The number of allylic oxidation sites excluding steroid dienone is 20. The van der Waals surface area contributed by atoms with Gasteiger partial charge in [-0.05, 0) is 148 Å². The first-order valence-corrected chi connectivity index (χ1v) is 43.8. The van der Waals surface area contributed by atoms with E-state index in [1.807, 2.05) is 0 Å². The minimum Gasteiger partial charge on any atom is -0.462 e. The molecule has 0 rings (SSSR count). The van der Waals surface area contributed by atoms with Crippen LogP contribution in [0.3, 0.4) is 0 Å². The van der Waals surface area contributed by atoms with Crippen LogP contribution in [-0.4, -0.2) is 96.7 Å². The Morgan fingerprint density at radius 1 is 0.279 bits per heavy atom. The average molecular weight is 1500 g/mol. The second kappa shape index (κ2) is 76.6. The molecule has 0 spiro atoms. The van der Waals surface area contributed by atoms with E-state index < -0.39 is 97.5 Å². The van der Waals surface area contributed by atoms with Gasteiger partial charge in [-0.2, -0.15) is 0 Å². The molecule has 17 nitrogen and oxygen atoms in total. The standard InChI is InChI=1S/C85H146O17P2/c1-5-9-13-17-21-25-29-33-36-38-39-41-44-47-50-54-58-62-66-70-83(88)95-75-80(101-84(89)71-67-63-59-55-51-45-32-28-24-20-16-12-8-4)77-99-103(91,92)97-73-79(86)74-98-104(93,94)100-78-81(102-85(90)72-68-64-60-56-52-48-42-35-31-27-23-19-15-11-7-3)76-96-82(87)69-65-61-57-53-49-46-43-40-37-34-30-26-22-18-14-10-6-2/h9-10,13-14,16,20-22,25-26,28,32-37,39,41-42,79-81,86H,5-8,11-12,15,17-19,23-24,27,29-31,38,40,43-78H2,1-4H3,(H,91,92)(H,93,94)/b13-9-,14-10-,20-16-,25-21-,26-22-,32-28-,36-33-,37-34-,41-39-,42-35-. The van der Waals surface area contributed by atoms with Crippen molar-refractivity contribution in [1.82, 2.24) is 0 Å². The first-order valence-electron chi connectivity index (χ1n) is 40.8. The maximum Gasteiger partial charge on any atom is 0.472 e. The fraction of sp³-hybridized carbons (Fsp3) is 0.718. The number of aliphatic hydroxyl groups excluding tert-OH is 1. The van der Waals surface area contributed by atoms with E-state index in [0.717, 1.165) is 218 Å². The van der Waals surface area contributed by atoms with Gasteiger partial charge in [0.25, 0.3) is 0 Å². The van der Waals surface area contributed by atoms with Crippen LogP contribution in [0.2, 0.25) is 0 Å². The van der Waals surface area contributed by atoms with Crippen molar-refractivity contribution in [2.45, 2.75) is 354 Å². The Kier molecular flexibility index (Phi) is 73.3. The quantitative estimate of drug-likeness (QED) is 0.0169. The van der Waals surface area contributed by atoms with Gasteiger partial charge in [0, 0.05) is 25.7 Å². The summed E-state index contributed by atoms with van der Waals surface area (Å²) in [5, 5.41) is 10.6. The van der Waals surface area contributed by atoms with E-state index >= 15 is 0 Å². The second-order valence-corrected chi connectivity index (χ2v) is 29.8. The molecule has 19 heteroatoms. The van der Waals surface area contributed by atoms with Crippen molar-refractivity contribution in [2.75, 3.05) is 39.6 Å². The molecule has 598 valence electrons. The number of carbonyl (C=O) groups excluding carboxylic acids is 4. The number of phosphoric acid groups is 2. The molecule has 0 fully saturated rings. The van der Waals surface area contributed by atoms with Crippen LogP contribution in [0.15, 0.2) is 122 Å². The molecule has 0 bridgehead atoms. The molecular formula is C85H146O17P2. The maximum absolute atomic E-state index is 13.1. The third-order valence-corrected chi connectivity index (χ3v) is 18.8. The normalized spacial score (nSPS) is 14.5. The lowest BCUT2D eigenvalue weighted by Gasteiger charge is -2.21. The topological polar surface area (TPSA) is 237 Å². The number of hydrogen-bond acceptors (Lipinski definition) is 15. The molecule has 0 heterocycles. The molecular weight excluding hydrogens is 1350 g/mol. The van der Waals surface area contributed by atoms with Crippen molar-refractivity contribution in [1.29, 1.82) is 0 Å². The summed E-state index contributed by atoms with van der Waals surface area (Å²) in [4.78, 5) is 73.1. The molecule has 5 atom stereocenters. The monoisotopic (exact) mass is 1500 g/mol. The largest absolute Gasteiger partial charge is 0.472 e. The Labute approximate surface area is 632 Å². The Bertz CT molecular complexity index is 2440. The van der Waals surface area contributed by atoms with Crippen LogP contribution in [0.5, 0.6) is 0 Å². The lowest BCUT2D eigenvalue weighted by Crippen LogP contribution is -2.30. The fourth-order valence-electron chi connectivity index (χ4n) is 10.7. The van der Waals surface area contributed by atoms with Gasteiger partial charge in [0.1, 0.15) is 19.3 Å². The summed E-state index contributed by atoms with van der Waals surface area (Å²) < 4.78 is 68.6. The number of rotatable bonds is 76. The molecule has 3 N–H and O–H groups in total. The van der Waals surface area contributed by atoms with Gasteiger partial charge < -0.3 is 33.8 Å². The number of aliphatic hydroxyl groups is 1. The zero-order chi connectivity index (χ0) is 76.0. The Morgan fingerprint density at radius 2 is 0.519 bits per heavy atom. The number of phosphoric ester groups is 2. The van der Waals surface area contributed by atoms with Crippen molar-refractivity contribution in [2.24, 2.45) is 0 Å². The van der Waals surface area contributed by atoms with E-state index in [2.05, 4.69) is 149 Å². The summed E-state index contributed by atoms with van der Waals surface area (Å²) in [7, 11) is -9.97. The van der Waals surface area contributed by atoms with E-state index in [-0.39, 0.29) is 25.7 Å². The molecule has 104 heavy (non-hydrogen) atoms. The highest BCUT2D eigenvalue weighted by Gasteiger charge is 2.30. The predicted molar refractivity (Wildman–Crippen MR) is 427 cm³/mol. The first kappa shape index (κ1) is 99.5. The van der Waals surface area contributed by atoms with Crippen LogP contribution < -0.4 is 0 Å². The van der Waals surface area contributed by atoms with E-state index in [1.165, 1.54) is 38.5 Å². The van der Waals surface area contributed by atoms with E-state index in [4.69, 9.17) is 37.0 Å². The van der Waals surface area contributed by atoms with Crippen LogP contribution in [-0.2, 0) is 65.4 Å². The van der Waals surface area contributed by atoms with Gasteiger partial charge in [-0.3, -0.25) is 37.3 Å². The first-order chi connectivity index (χ1) is 50.7. The third kappa shape index (κ3) is 75.7. The minimum atomic E-state index is -4.99. The number of unbranched alkanes of at least 4 members (excludes halogenated alkanes) is 30. The second-order valence-electron chi connectivity index (χ2n) is 26.9. The summed E-state index contributed by atoms with van der Waals surface area (Å²) in [6.07, 6.45) is 84.5. The molecule has 0 radical (unpaired) electrons. The molecule has 0 saturated carbocycles. The van der Waals surface area contributed by atoms with Gasteiger partial charge in [-0.1, -0.05) is 284 Å².